The molecule has 2 aromatic carbocycles. The van der Waals surface area contributed by atoms with Gasteiger partial charge >= 0.3 is 0 Å². The van der Waals surface area contributed by atoms with Crippen LogP contribution in [0.3, 0.4) is 0 Å². The molecule has 5 heteroatoms. The second kappa shape index (κ2) is 6.89. The number of hydrogen-bond donors (Lipinski definition) is 3. The summed E-state index contributed by atoms with van der Waals surface area (Å²) in [6.45, 7) is 1.82. The fraction of sp³-hybridized carbons (Fsp3) is 0.200. The Bertz CT molecular complexity index is 826. The standard InChI is InChI=1S/C20H20FN3O/c1-14(23-15-7-3-2-4-8-15)13-18(22)24-19(25)20(11-12-20)16-9-5-6-10-17(16)21/h2-10,13,23H,11-12H2,1H3,(H2,22,24,25)/b14-13-. The number of allylic oxidation sites excluding steroid dienone is 1. The molecule has 3 N–H and O–H groups in total. The van der Waals surface area contributed by atoms with Crippen LogP contribution < -0.4 is 10.6 Å². The minimum atomic E-state index is -0.841. The molecule has 0 unspecified atom stereocenters. The zero-order valence-corrected chi connectivity index (χ0v) is 14.0. The molecule has 0 atom stereocenters. The molecular weight excluding hydrogens is 317 g/mol. The van der Waals surface area contributed by atoms with Crippen LogP contribution in [0.1, 0.15) is 25.3 Å². The largest absolute Gasteiger partial charge is 0.359 e. The van der Waals surface area contributed by atoms with E-state index in [0.29, 0.717) is 18.4 Å². The number of halogens is 1. The summed E-state index contributed by atoms with van der Waals surface area (Å²) in [6, 6.07) is 15.9. The van der Waals surface area contributed by atoms with Crippen LogP contribution in [0, 0.1) is 11.2 Å². The molecule has 1 fully saturated rings. The lowest BCUT2D eigenvalue weighted by molar-refractivity contribution is -0.122. The number of hydrogen-bond acceptors (Lipinski definition) is 3. The van der Waals surface area contributed by atoms with Crippen molar-refractivity contribution < 1.29 is 9.18 Å². The van der Waals surface area contributed by atoms with Crippen molar-refractivity contribution in [2.45, 2.75) is 25.2 Å². The first-order chi connectivity index (χ1) is 12.0. The van der Waals surface area contributed by atoms with Gasteiger partial charge < -0.3 is 10.6 Å². The lowest BCUT2D eigenvalue weighted by Crippen LogP contribution is -2.38. The van der Waals surface area contributed by atoms with Gasteiger partial charge in [-0.25, -0.2) is 4.39 Å². The van der Waals surface area contributed by atoms with Crippen molar-refractivity contribution in [3.63, 3.8) is 0 Å². The van der Waals surface area contributed by atoms with Crippen LogP contribution in [-0.4, -0.2) is 11.7 Å². The fourth-order valence-corrected chi connectivity index (χ4v) is 2.87. The summed E-state index contributed by atoms with van der Waals surface area (Å²) in [4.78, 5) is 12.6. The van der Waals surface area contributed by atoms with Crippen LogP contribution >= 0.6 is 0 Å². The average molecular weight is 337 g/mol. The highest BCUT2D eigenvalue weighted by Crippen LogP contribution is 2.49. The van der Waals surface area contributed by atoms with Crippen molar-refractivity contribution >= 4 is 17.4 Å². The Hall–Kier alpha value is -2.95. The van der Waals surface area contributed by atoms with Gasteiger partial charge in [-0.2, -0.15) is 0 Å². The minimum absolute atomic E-state index is 0.0199. The molecule has 0 aliphatic heterocycles. The van der Waals surface area contributed by atoms with E-state index in [1.165, 1.54) is 6.07 Å². The molecule has 0 spiro atoms. The van der Waals surface area contributed by atoms with Crippen LogP contribution in [0.25, 0.3) is 0 Å². The van der Waals surface area contributed by atoms with Gasteiger partial charge in [0.15, 0.2) is 0 Å². The van der Waals surface area contributed by atoms with Crippen molar-refractivity contribution in [1.82, 2.24) is 5.32 Å². The Morgan fingerprint density at radius 2 is 1.76 bits per heavy atom. The zero-order chi connectivity index (χ0) is 17.9. The molecule has 1 aliphatic rings. The van der Waals surface area contributed by atoms with Gasteiger partial charge in [0.05, 0.1) is 5.41 Å². The van der Waals surface area contributed by atoms with E-state index in [1.54, 1.807) is 24.3 Å². The molecule has 4 nitrogen and oxygen atoms in total. The Labute approximate surface area is 146 Å². The number of rotatable bonds is 5. The van der Waals surface area contributed by atoms with E-state index >= 15 is 0 Å². The first kappa shape index (κ1) is 16.9. The van der Waals surface area contributed by atoms with Crippen molar-refractivity contribution in [3.05, 3.63) is 77.8 Å². The Morgan fingerprint density at radius 1 is 1.12 bits per heavy atom. The molecule has 128 valence electrons. The van der Waals surface area contributed by atoms with Gasteiger partial charge in [0.25, 0.3) is 0 Å². The second-order valence-electron chi connectivity index (χ2n) is 6.25. The first-order valence-electron chi connectivity index (χ1n) is 8.17. The summed E-state index contributed by atoms with van der Waals surface area (Å²) in [5.74, 6) is -0.723. The van der Waals surface area contributed by atoms with Crippen LogP contribution in [0.4, 0.5) is 10.1 Å². The van der Waals surface area contributed by atoms with Crippen molar-refractivity contribution in [1.29, 1.82) is 5.41 Å². The molecule has 1 saturated carbocycles. The maximum atomic E-state index is 14.0. The summed E-state index contributed by atoms with van der Waals surface area (Å²) < 4.78 is 14.0. The second-order valence-corrected chi connectivity index (χ2v) is 6.25. The number of nitrogens with one attached hydrogen (secondary N) is 3. The van der Waals surface area contributed by atoms with Crippen molar-refractivity contribution in [2.24, 2.45) is 0 Å². The van der Waals surface area contributed by atoms with Gasteiger partial charge in [-0.15, -0.1) is 0 Å². The highest BCUT2D eigenvalue weighted by molar-refractivity contribution is 6.07. The maximum Gasteiger partial charge on any atom is 0.236 e. The van der Waals surface area contributed by atoms with Gasteiger partial charge in [-0.05, 0) is 44.0 Å². The monoisotopic (exact) mass is 337 g/mol. The number of para-hydroxylation sites is 1. The molecule has 1 amide bonds. The third-order valence-electron chi connectivity index (χ3n) is 4.30. The van der Waals surface area contributed by atoms with E-state index in [9.17, 15) is 9.18 Å². The molecular formula is C20H20FN3O. The molecule has 0 saturated heterocycles. The molecule has 0 bridgehead atoms. The van der Waals surface area contributed by atoms with E-state index in [2.05, 4.69) is 10.6 Å². The molecule has 0 aromatic heterocycles. The SMILES string of the molecule is C/C(=C/C(=N)NC(=O)C1(c2ccccc2F)CC1)Nc1ccccc1. The summed E-state index contributed by atoms with van der Waals surface area (Å²) in [5.41, 5.74) is 1.20. The van der Waals surface area contributed by atoms with Crippen LogP contribution in [0.15, 0.2) is 66.4 Å². The predicted molar refractivity (Wildman–Crippen MR) is 97.0 cm³/mol. The fourth-order valence-electron chi connectivity index (χ4n) is 2.87. The Morgan fingerprint density at radius 3 is 2.40 bits per heavy atom. The van der Waals surface area contributed by atoms with E-state index in [0.717, 1.165) is 11.4 Å². The quantitative estimate of drug-likeness (QED) is 0.571. The maximum absolute atomic E-state index is 14.0. The predicted octanol–water partition coefficient (Wildman–Crippen LogP) is 3.97. The lowest BCUT2D eigenvalue weighted by Gasteiger charge is -2.16. The summed E-state index contributed by atoms with van der Waals surface area (Å²) in [5, 5.41) is 13.7. The zero-order valence-electron chi connectivity index (χ0n) is 14.0. The topological polar surface area (TPSA) is 65.0 Å². The summed E-state index contributed by atoms with van der Waals surface area (Å²) in [7, 11) is 0. The van der Waals surface area contributed by atoms with Crippen LogP contribution in [0.2, 0.25) is 0 Å². The number of carbonyl (C=O) groups is 1. The van der Waals surface area contributed by atoms with E-state index in [1.807, 2.05) is 37.3 Å². The first-order valence-corrected chi connectivity index (χ1v) is 8.17. The number of benzene rings is 2. The molecule has 1 aliphatic carbocycles. The Kier molecular flexibility index (Phi) is 4.65. The van der Waals surface area contributed by atoms with Crippen molar-refractivity contribution in [3.8, 4) is 0 Å². The number of amidine groups is 1. The van der Waals surface area contributed by atoms with Gasteiger partial charge in [0, 0.05) is 16.9 Å². The molecule has 0 heterocycles. The van der Waals surface area contributed by atoms with E-state index in [-0.39, 0.29) is 17.6 Å². The minimum Gasteiger partial charge on any atom is -0.359 e. The van der Waals surface area contributed by atoms with E-state index in [4.69, 9.17) is 5.41 Å². The van der Waals surface area contributed by atoms with Crippen LogP contribution in [0.5, 0.6) is 0 Å². The van der Waals surface area contributed by atoms with E-state index < -0.39 is 5.41 Å². The van der Waals surface area contributed by atoms with Crippen molar-refractivity contribution in [2.75, 3.05) is 5.32 Å². The molecule has 2 aromatic rings. The number of anilines is 1. The molecule has 25 heavy (non-hydrogen) atoms. The third-order valence-corrected chi connectivity index (χ3v) is 4.30. The lowest BCUT2D eigenvalue weighted by atomic mass is 9.94. The van der Waals surface area contributed by atoms with Gasteiger partial charge in [-0.1, -0.05) is 36.4 Å². The summed E-state index contributed by atoms with van der Waals surface area (Å²) >= 11 is 0. The third kappa shape index (κ3) is 3.76. The number of amides is 1. The molecule has 0 radical (unpaired) electrons. The average Bonchev–Trinajstić information content (AvgIpc) is 3.37. The highest BCUT2D eigenvalue weighted by atomic mass is 19.1. The number of carbonyl (C=O) groups excluding carboxylic acids is 1. The van der Waals surface area contributed by atoms with Crippen LogP contribution in [-0.2, 0) is 10.2 Å². The smallest absolute Gasteiger partial charge is 0.236 e. The Balaban J connectivity index is 1.66. The van der Waals surface area contributed by atoms with Gasteiger partial charge in [-0.3, -0.25) is 10.2 Å². The van der Waals surface area contributed by atoms with Gasteiger partial charge in [0.2, 0.25) is 5.91 Å². The van der Waals surface area contributed by atoms with Gasteiger partial charge in [0.1, 0.15) is 11.7 Å². The normalized spacial score (nSPS) is 15.4. The molecule has 3 rings (SSSR count). The highest BCUT2D eigenvalue weighted by Gasteiger charge is 2.52. The summed E-state index contributed by atoms with van der Waals surface area (Å²) in [6.07, 6.45) is 2.73.